The summed E-state index contributed by atoms with van der Waals surface area (Å²) >= 11 is 3.60. The van der Waals surface area contributed by atoms with Crippen molar-refractivity contribution in [2.75, 3.05) is 19.8 Å². The van der Waals surface area contributed by atoms with Crippen molar-refractivity contribution in [3.05, 3.63) is 34.8 Å². The van der Waals surface area contributed by atoms with Crippen molar-refractivity contribution in [2.24, 2.45) is 11.8 Å². The van der Waals surface area contributed by atoms with Gasteiger partial charge in [0.25, 0.3) is 0 Å². The van der Waals surface area contributed by atoms with Crippen molar-refractivity contribution in [2.45, 2.75) is 32.2 Å². The maximum Gasteiger partial charge on any atom is 0.329 e. The number of hydrogen-bond donors (Lipinski definition) is 1. The molecule has 0 spiro atoms. The lowest BCUT2D eigenvalue weighted by molar-refractivity contribution is -0.142. The van der Waals surface area contributed by atoms with Crippen LogP contribution in [0.4, 0.5) is 0 Å². The van der Waals surface area contributed by atoms with Crippen molar-refractivity contribution < 1.29 is 19.4 Å². The molecular weight excluding hydrogens is 438 g/mol. The van der Waals surface area contributed by atoms with Gasteiger partial charge in [-0.3, -0.25) is 0 Å². The van der Waals surface area contributed by atoms with Crippen molar-refractivity contribution in [3.63, 3.8) is 0 Å². The molecule has 8 heteroatoms. The predicted octanol–water partition coefficient (Wildman–Crippen LogP) is 4.12. The van der Waals surface area contributed by atoms with Gasteiger partial charge in [0.1, 0.15) is 22.8 Å². The molecule has 1 aromatic carbocycles. The van der Waals surface area contributed by atoms with Gasteiger partial charge in [-0.15, -0.1) is 0 Å². The SMILES string of the molecule is N#CCOc1c(Br)c(-c2ccccc2)nn1CC1CCC(COCC(=O)O)CC1. The average molecular weight is 462 g/mol. The van der Waals surface area contributed by atoms with E-state index in [2.05, 4.69) is 15.9 Å². The summed E-state index contributed by atoms with van der Waals surface area (Å²) in [6.45, 7) is 0.950. The number of carboxylic acids is 1. The van der Waals surface area contributed by atoms with Gasteiger partial charge in [0.05, 0.1) is 6.61 Å². The van der Waals surface area contributed by atoms with Gasteiger partial charge in [0.15, 0.2) is 6.61 Å². The number of carboxylic acid groups (broad SMARTS) is 1. The van der Waals surface area contributed by atoms with Crippen LogP contribution in [0.2, 0.25) is 0 Å². The van der Waals surface area contributed by atoms with Crippen LogP contribution in [0.3, 0.4) is 0 Å². The lowest BCUT2D eigenvalue weighted by Gasteiger charge is -2.28. The second-order valence-corrected chi connectivity index (χ2v) is 8.05. The molecule has 1 heterocycles. The molecule has 2 aromatic rings. The van der Waals surface area contributed by atoms with E-state index in [9.17, 15) is 4.79 Å². The zero-order valence-electron chi connectivity index (χ0n) is 16.1. The molecule has 0 unspecified atom stereocenters. The van der Waals surface area contributed by atoms with E-state index in [0.29, 0.717) is 24.3 Å². The summed E-state index contributed by atoms with van der Waals surface area (Å²) < 4.78 is 13.5. The highest BCUT2D eigenvalue weighted by atomic mass is 79.9. The number of hydrogen-bond acceptors (Lipinski definition) is 5. The predicted molar refractivity (Wildman–Crippen MR) is 110 cm³/mol. The Kier molecular flexibility index (Phi) is 7.67. The molecule has 1 fully saturated rings. The Bertz CT molecular complexity index is 855. The molecule has 0 amide bonds. The van der Waals surface area contributed by atoms with Gasteiger partial charge in [0.2, 0.25) is 5.88 Å². The first-order chi connectivity index (χ1) is 14.1. The lowest BCUT2D eigenvalue weighted by atomic mass is 9.82. The van der Waals surface area contributed by atoms with E-state index in [-0.39, 0.29) is 13.2 Å². The van der Waals surface area contributed by atoms with Crippen LogP contribution in [0.25, 0.3) is 11.3 Å². The van der Waals surface area contributed by atoms with Crippen LogP contribution < -0.4 is 4.74 Å². The molecule has 1 aromatic heterocycles. The van der Waals surface area contributed by atoms with Gasteiger partial charge < -0.3 is 14.6 Å². The maximum absolute atomic E-state index is 10.6. The Morgan fingerprint density at radius 3 is 2.59 bits per heavy atom. The third-order valence-electron chi connectivity index (χ3n) is 5.15. The van der Waals surface area contributed by atoms with E-state index in [1.54, 1.807) is 0 Å². The fourth-order valence-corrected chi connectivity index (χ4v) is 4.33. The molecule has 0 saturated heterocycles. The number of nitriles is 1. The van der Waals surface area contributed by atoms with Gasteiger partial charge in [-0.25, -0.2) is 9.48 Å². The van der Waals surface area contributed by atoms with E-state index in [0.717, 1.165) is 48.0 Å². The van der Waals surface area contributed by atoms with Crippen LogP contribution in [0, 0.1) is 23.2 Å². The minimum atomic E-state index is -0.929. The summed E-state index contributed by atoms with van der Waals surface area (Å²) in [6, 6.07) is 11.9. The van der Waals surface area contributed by atoms with E-state index in [4.69, 9.17) is 24.9 Å². The molecule has 1 aliphatic carbocycles. The summed E-state index contributed by atoms with van der Waals surface area (Å²) in [5, 5.41) is 22.4. The molecular formula is C21H24BrN3O4. The Morgan fingerprint density at radius 1 is 1.24 bits per heavy atom. The highest BCUT2D eigenvalue weighted by Crippen LogP contribution is 2.37. The molecule has 1 aliphatic rings. The molecule has 7 nitrogen and oxygen atoms in total. The maximum atomic E-state index is 10.6. The molecule has 29 heavy (non-hydrogen) atoms. The van der Waals surface area contributed by atoms with Crippen LogP contribution in [0.1, 0.15) is 25.7 Å². The smallest absolute Gasteiger partial charge is 0.329 e. The molecule has 0 bridgehead atoms. The second kappa shape index (κ2) is 10.4. The quantitative estimate of drug-likeness (QED) is 0.602. The first-order valence-electron chi connectivity index (χ1n) is 9.69. The third kappa shape index (κ3) is 5.81. The number of aliphatic carboxylic acids is 1. The van der Waals surface area contributed by atoms with Crippen LogP contribution in [-0.2, 0) is 16.1 Å². The number of nitrogens with zero attached hydrogens (tertiary/aromatic N) is 3. The van der Waals surface area contributed by atoms with E-state index >= 15 is 0 Å². The van der Waals surface area contributed by atoms with Gasteiger partial charge in [0, 0.05) is 12.1 Å². The Morgan fingerprint density at radius 2 is 1.93 bits per heavy atom. The molecule has 0 aliphatic heterocycles. The summed E-state index contributed by atoms with van der Waals surface area (Å²) in [5.41, 5.74) is 1.79. The van der Waals surface area contributed by atoms with E-state index < -0.39 is 5.97 Å². The Balaban J connectivity index is 1.66. The number of carbonyl (C=O) groups is 1. The minimum absolute atomic E-state index is 0.0355. The fourth-order valence-electron chi connectivity index (χ4n) is 3.71. The number of halogens is 1. The van der Waals surface area contributed by atoms with Gasteiger partial charge in [-0.2, -0.15) is 10.4 Å². The second-order valence-electron chi connectivity index (χ2n) is 7.26. The molecule has 0 radical (unpaired) electrons. The van der Waals surface area contributed by atoms with Crippen LogP contribution in [-0.4, -0.2) is 40.7 Å². The van der Waals surface area contributed by atoms with Gasteiger partial charge in [-0.1, -0.05) is 30.3 Å². The average Bonchev–Trinajstić information content (AvgIpc) is 3.03. The molecule has 154 valence electrons. The first-order valence-corrected chi connectivity index (χ1v) is 10.5. The zero-order valence-corrected chi connectivity index (χ0v) is 17.7. The topological polar surface area (TPSA) is 97.4 Å². The summed E-state index contributed by atoms with van der Waals surface area (Å²) in [7, 11) is 0. The Labute approximate surface area is 178 Å². The fraction of sp³-hybridized carbons (Fsp3) is 0.476. The summed E-state index contributed by atoms with van der Waals surface area (Å²) in [6.07, 6.45) is 4.06. The van der Waals surface area contributed by atoms with E-state index in [1.165, 1.54) is 0 Å². The lowest BCUT2D eigenvalue weighted by Crippen LogP contribution is -2.23. The number of aromatic nitrogens is 2. The largest absolute Gasteiger partial charge is 0.480 e. The zero-order chi connectivity index (χ0) is 20.6. The van der Waals surface area contributed by atoms with Crippen LogP contribution in [0.5, 0.6) is 5.88 Å². The monoisotopic (exact) mass is 461 g/mol. The van der Waals surface area contributed by atoms with Gasteiger partial charge in [-0.05, 0) is 53.4 Å². The molecule has 1 N–H and O–H groups in total. The molecule has 3 rings (SSSR count). The first kappa shape index (κ1) is 21.3. The number of rotatable bonds is 9. The third-order valence-corrected chi connectivity index (χ3v) is 5.86. The summed E-state index contributed by atoms with van der Waals surface area (Å²) in [4.78, 5) is 10.6. The summed E-state index contributed by atoms with van der Waals surface area (Å²) in [5.74, 6) is 0.508. The molecule has 1 saturated carbocycles. The number of benzene rings is 1. The van der Waals surface area contributed by atoms with E-state index in [1.807, 2.05) is 41.1 Å². The normalized spacial score (nSPS) is 18.9. The minimum Gasteiger partial charge on any atom is -0.480 e. The van der Waals surface area contributed by atoms with Crippen molar-refractivity contribution in [1.82, 2.24) is 9.78 Å². The highest BCUT2D eigenvalue weighted by Gasteiger charge is 2.25. The van der Waals surface area contributed by atoms with Crippen LogP contribution >= 0.6 is 15.9 Å². The molecule has 0 atom stereocenters. The van der Waals surface area contributed by atoms with Crippen molar-refractivity contribution in [3.8, 4) is 23.2 Å². The standard InChI is InChI=1S/C21H24BrN3O4/c22-19-20(17-4-2-1-3-5-17)24-25(21(19)29-11-10-23)12-15-6-8-16(9-7-15)13-28-14-18(26)27/h1-5,15-16H,6-9,11-14H2,(H,26,27). The Hall–Kier alpha value is -2.37. The van der Waals surface area contributed by atoms with Crippen molar-refractivity contribution in [1.29, 1.82) is 5.26 Å². The van der Waals surface area contributed by atoms with Gasteiger partial charge >= 0.3 is 5.97 Å². The van der Waals surface area contributed by atoms with Crippen LogP contribution in [0.15, 0.2) is 34.8 Å². The van der Waals surface area contributed by atoms with Crippen molar-refractivity contribution >= 4 is 21.9 Å². The number of ether oxygens (including phenoxy) is 2. The highest BCUT2D eigenvalue weighted by molar-refractivity contribution is 9.10.